The van der Waals surface area contributed by atoms with Gasteiger partial charge in [0.2, 0.25) is 0 Å². The second-order valence-electron chi connectivity index (χ2n) is 4.17. The molecule has 2 aromatic carbocycles. The van der Waals surface area contributed by atoms with Crippen LogP contribution in [0.25, 0.3) is 0 Å². The standard InChI is InChI=1S/C14H15NO2S/c1-11-7-6-10-14(12(11)2)15-18(16,17)13-8-4-3-5-9-13/h3-10,15H,1-2H3. The van der Waals surface area contributed by atoms with Crippen molar-refractivity contribution in [2.24, 2.45) is 0 Å². The van der Waals surface area contributed by atoms with Crippen molar-refractivity contribution in [3.8, 4) is 0 Å². The van der Waals surface area contributed by atoms with Crippen molar-refractivity contribution in [3.63, 3.8) is 0 Å². The van der Waals surface area contributed by atoms with E-state index in [1.165, 1.54) is 0 Å². The number of benzene rings is 2. The van der Waals surface area contributed by atoms with Crippen molar-refractivity contribution in [1.82, 2.24) is 0 Å². The topological polar surface area (TPSA) is 46.2 Å². The molecule has 0 fully saturated rings. The lowest BCUT2D eigenvalue weighted by Gasteiger charge is -2.11. The highest BCUT2D eigenvalue weighted by molar-refractivity contribution is 7.92. The minimum Gasteiger partial charge on any atom is -0.279 e. The van der Waals surface area contributed by atoms with Crippen LogP contribution >= 0.6 is 0 Å². The number of hydrogen-bond acceptors (Lipinski definition) is 2. The zero-order valence-corrected chi connectivity index (χ0v) is 11.2. The predicted molar refractivity (Wildman–Crippen MR) is 73.2 cm³/mol. The van der Waals surface area contributed by atoms with Gasteiger partial charge in [-0.1, -0.05) is 30.3 Å². The smallest absolute Gasteiger partial charge is 0.261 e. The first-order chi connectivity index (χ1) is 8.50. The number of anilines is 1. The molecule has 0 atom stereocenters. The first-order valence-corrected chi connectivity index (χ1v) is 7.13. The van der Waals surface area contributed by atoms with Crippen molar-refractivity contribution in [2.45, 2.75) is 18.7 Å². The highest BCUT2D eigenvalue weighted by Crippen LogP contribution is 2.21. The van der Waals surface area contributed by atoms with Gasteiger partial charge in [0, 0.05) is 0 Å². The molecule has 2 aromatic rings. The first-order valence-electron chi connectivity index (χ1n) is 5.65. The van der Waals surface area contributed by atoms with Gasteiger partial charge in [0.1, 0.15) is 0 Å². The summed E-state index contributed by atoms with van der Waals surface area (Å²) in [6, 6.07) is 13.9. The van der Waals surface area contributed by atoms with Crippen molar-refractivity contribution >= 4 is 15.7 Å². The third-order valence-electron chi connectivity index (χ3n) is 2.90. The molecule has 0 heterocycles. The lowest BCUT2D eigenvalue weighted by atomic mass is 10.1. The molecule has 1 N–H and O–H groups in total. The maximum atomic E-state index is 12.2. The molecule has 0 radical (unpaired) electrons. The Kier molecular flexibility index (Phi) is 3.39. The fourth-order valence-electron chi connectivity index (χ4n) is 1.66. The van der Waals surface area contributed by atoms with Crippen molar-refractivity contribution in [3.05, 3.63) is 59.7 Å². The van der Waals surface area contributed by atoms with Crippen LogP contribution in [-0.2, 0) is 10.0 Å². The number of nitrogens with one attached hydrogen (secondary N) is 1. The minimum atomic E-state index is -3.50. The third kappa shape index (κ3) is 2.54. The summed E-state index contributed by atoms with van der Waals surface area (Å²) in [6.07, 6.45) is 0. The van der Waals surface area contributed by atoms with E-state index in [0.29, 0.717) is 5.69 Å². The lowest BCUT2D eigenvalue weighted by Crippen LogP contribution is -2.13. The van der Waals surface area contributed by atoms with Gasteiger partial charge in [0.05, 0.1) is 10.6 Å². The molecule has 4 heteroatoms. The van der Waals surface area contributed by atoms with E-state index < -0.39 is 10.0 Å². The Morgan fingerprint density at radius 1 is 0.889 bits per heavy atom. The molecular weight excluding hydrogens is 246 g/mol. The van der Waals surface area contributed by atoms with Crippen molar-refractivity contribution in [1.29, 1.82) is 0 Å². The molecule has 0 aliphatic heterocycles. The van der Waals surface area contributed by atoms with Gasteiger partial charge in [-0.3, -0.25) is 4.72 Å². The SMILES string of the molecule is Cc1cccc(NS(=O)(=O)c2ccccc2)c1C. The molecular formula is C14H15NO2S. The maximum Gasteiger partial charge on any atom is 0.261 e. The van der Waals surface area contributed by atoms with E-state index in [4.69, 9.17) is 0 Å². The van der Waals surface area contributed by atoms with E-state index >= 15 is 0 Å². The summed E-state index contributed by atoms with van der Waals surface area (Å²) in [4.78, 5) is 0.269. The Hall–Kier alpha value is -1.81. The summed E-state index contributed by atoms with van der Waals surface area (Å²) < 4.78 is 26.9. The van der Waals surface area contributed by atoms with Gasteiger partial charge in [0.25, 0.3) is 10.0 Å². The minimum absolute atomic E-state index is 0.269. The van der Waals surface area contributed by atoms with Crippen LogP contribution in [0, 0.1) is 13.8 Å². The summed E-state index contributed by atoms with van der Waals surface area (Å²) in [5, 5.41) is 0. The summed E-state index contributed by atoms with van der Waals surface area (Å²) >= 11 is 0. The molecule has 94 valence electrons. The zero-order valence-electron chi connectivity index (χ0n) is 10.3. The fourth-order valence-corrected chi connectivity index (χ4v) is 2.81. The molecule has 0 bridgehead atoms. The monoisotopic (exact) mass is 261 g/mol. The molecule has 18 heavy (non-hydrogen) atoms. The molecule has 0 saturated carbocycles. The Morgan fingerprint density at radius 2 is 1.56 bits per heavy atom. The van der Waals surface area contributed by atoms with Crippen LogP contribution in [-0.4, -0.2) is 8.42 Å². The largest absolute Gasteiger partial charge is 0.279 e. The highest BCUT2D eigenvalue weighted by Gasteiger charge is 2.14. The molecule has 0 spiro atoms. The van der Waals surface area contributed by atoms with E-state index in [1.54, 1.807) is 36.4 Å². The van der Waals surface area contributed by atoms with E-state index in [-0.39, 0.29) is 4.90 Å². The Labute approximate surface area is 108 Å². The van der Waals surface area contributed by atoms with Crippen molar-refractivity contribution in [2.75, 3.05) is 4.72 Å². The van der Waals surface area contributed by atoms with Crippen LogP contribution in [0.5, 0.6) is 0 Å². The number of sulfonamides is 1. The van der Waals surface area contributed by atoms with E-state index in [9.17, 15) is 8.42 Å². The van der Waals surface area contributed by atoms with E-state index in [0.717, 1.165) is 11.1 Å². The van der Waals surface area contributed by atoms with Crippen LogP contribution in [0.15, 0.2) is 53.4 Å². The van der Waals surface area contributed by atoms with Gasteiger partial charge in [-0.25, -0.2) is 8.42 Å². The summed E-state index contributed by atoms with van der Waals surface area (Å²) in [5.74, 6) is 0. The average molecular weight is 261 g/mol. The Bertz CT molecular complexity index is 649. The third-order valence-corrected chi connectivity index (χ3v) is 4.28. The van der Waals surface area contributed by atoms with Crippen molar-refractivity contribution < 1.29 is 8.42 Å². The quantitative estimate of drug-likeness (QED) is 0.922. The van der Waals surface area contributed by atoms with Gasteiger partial charge in [0.15, 0.2) is 0 Å². The maximum absolute atomic E-state index is 12.2. The molecule has 0 aliphatic carbocycles. The van der Waals surface area contributed by atoms with E-state index in [2.05, 4.69) is 4.72 Å². The van der Waals surface area contributed by atoms with Crippen LogP contribution in [0.4, 0.5) is 5.69 Å². The molecule has 0 aliphatic rings. The molecule has 0 unspecified atom stereocenters. The van der Waals surface area contributed by atoms with Crippen LogP contribution in [0.1, 0.15) is 11.1 Å². The van der Waals surface area contributed by atoms with Gasteiger partial charge in [-0.2, -0.15) is 0 Å². The van der Waals surface area contributed by atoms with Crippen LogP contribution in [0.3, 0.4) is 0 Å². The van der Waals surface area contributed by atoms with Gasteiger partial charge in [-0.05, 0) is 43.2 Å². The normalized spacial score (nSPS) is 11.2. The average Bonchev–Trinajstić information content (AvgIpc) is 2.36. The molecule has 3 nitrogen and oxygen atoms in total. The second-order valence-corrected chi connectivity index (χ2v) is 5.85. The number of hydrogen-bond donors (Lipinski definition) is 1. The van der Waals surface area contributed by atoms with Gasteiger partial charge < -0.3 is 0 Å². The molecule has 0 saturated heterocycles. The summed E-state index contributed by atoms with van der Waals surface area (Å²) in [5.41, 5.74) is 2.62. The molecule has 2 rings (SSSR count). The number of aryl methyl sites for hydroxylation is 1. The fraction of sp³-hybridized carbons (Fsp3) is 0.143. The van der Waals surface area contributed by atoms with Gasteiger partial charge >= 0.3 is 0 Å². The summed E-state index contributed by atoms with van der Waals surface area (Å²) in [6.45, 7) is 3.85. The zero-order chi connectivity index (χ0) is 13.2. The first kappa shape index (κ1) is 12.6. The molecule has 0 aromatic heterocycles. The molecule has 0 amide bonds. The Balaban J connectivity index is 2.37. The Morgan fingerprint density at radius 3 is 2.22 bits per heavy atom. The van der Waals surface area contributed by atoms with Crippen LogP contribution in [0.2, 0.25) is 0 Å². The lowest BCUT2D eigenvalue weighted by molar-refractivity contribution is 0.601. The highest BCUT2D eigenvalue weighted by atomic mass is 32.2. The number of rotatable bonds is 3. The van der Waals surface area contributed by atoms with Gasteiger partial charge in [-0.15, -0.1) is 0 Å². The predicted octanol–water partition coefficient (Wildman–Crippen LogP) is 3.10. The van der Waals surface area contributed by atoms with Crippen LogP contribution < -0.4 is 4.72 Å². The summed E-state index contributed by atoms with van der Waals surface area (Å²) in [7, 11) is -3.50. The van der Waals surface area contributed by atoms with E-state index in [1.807, 2.05) is 26.0 Å². The second kappa shape index (κ2) is 4.82.